The molecule has 3 nitrogen and oxygen atoms in total. The van der Waals surface area contributed by atoms with Crippen molar-refractivity contribution < 1.29 is 50.7 Å². The summed E-state index contributed by atoms with van der Waals surface area (Å²) in [6.45, 7) is 12.8. The second kappa shape index (κ2) is 16.3. The summed E-state index contributed by atoms with van der Waals surface area (Å²) in [6.07, 6.45) is 2.27. The topological polar surface area (TPSA) is 36.1 Å². The molecular formula is C22H33Br2CoN3. The first-order valence-corrected chi connectivity index (χ1v) is 9.40. The van der Waals surface area contributed by atoms with Crippen molar-refractivity contribution in [2.24, 2.45) is 0 Å². The number of benzene rings is 2. The van der Waals surface area contributed by atoms with E-state index in [9.17, 15) is 0 Å². The van der Waals surface area contributed by atoms with Crippen LogP contribution in [0.3, 0.4) is 0 Å². The summed E-state index contributed by atoms with van der Waals surface area (Å²) in [7, 11) is 0. The maximum Gasteiger partial charge on any atom is 2.00 e. The van der Waals surface area contributed by atoms with Crippen LogP contribution in [0.1, 0.15) is 35.1 Å². The van der Waals surface area contributed by atoms with Crippen LogP contribution < -0.4 is 49.9 Å². The van der Waals surface area contributed by atoms with Crippen LogP contribution in [0.15, 0.2) is 36.4 Å². The van der Waals surface area contributed by atoms with Gasteiger partial charge in [-0.2, -0.15) is 0 Å². The molecule has 3 N–H and O–H groups in total. The number of hydrogen-bond acceptors (Lipinski definition) is 3. The zero-order valence-corrected chi connectivity index (χ0v) is 21.5. The average molecular weight is 558 g/mol. The third kappa shape index (κ3) is 9.79. The molecule has 0 atom stereocenters. The molecule has 0 aromatic heterocycles. The van der Waals surface area contributed by atoms with Crippen molar-refractivity contribution in [3.63, 3.8) is 0 Å². The molecule has 0 spiro atoms. The van der Waals surface area contributed by atoms with Gasteiger partial charge in [-0.15, -0.1) is 0 Å². The molecule has 6 heteroatoms. The Labute approximate surface area is 202 Å². The van der Waals surface area contributed by atoms with E-state index in [0.717, 1.165) is 39.0 Å². The van der Waals surface area contributed by atoms with E-state index >= 15 is 0 Å². The Balaban J connectivity index is 0. The normalized spacial score (nSPS) is 9.57. The number of aryl methyl sites for hydroxylation is 4. The predicted octanol–water partition coefficient (Wildman–Crippen LogP) is -1.18. The van der Waals surface area contributed by atoms with Crippen molar-refractivity contribution in [1.82, 2.24) is 5.32 Å². The number of rotatable bonds is 10. The molecule has 0 saturated carbocycles. The van der Waals surface area contributed by atoms with Gasteiger partial charge in [0.2, 0.25) is 0 Å². The van der Waals surface area contributed by atoms with Crippen molar-refractivity contribution >= 4 is 11.4 Å². The molecule has 0 saturated heterocycles. The van der Waals surface area contributed by atoms with Crippen LogP contribution in [0.5, 0.6) is 0 Å². The number of anilines is 2. The SMILES string of the molecule is Cc1cccc(C)c1NCCCNCCCNc1c(C)cccc1C.[Br-].[Br-].[Co+2]. The quantitative estimate of drug-likeness (QED) is 0.322. The Bertz CT molecular complexity index is 583. The van der Waals surface area contributed by atoms with Crippen molar-refractivity contribution in [2.75, 3.05) is 36.8 Å². The Hall–Kier alpha value is -0.534. The first-order valence-electron chi connectivity index (χ1n) is 9.40. The van der Waals surface area contributed by atoms with Crippen LogP contribution >= 0.6 is 0 Å². The zero-order chi connectivity index (χ0) is 18.1. The molecular weight excluding hydrogens is 525 g/mol. The molecule has 1 radical (unpaired) electrons. The van der Waals surface area contributed by atoms with E-state index in [0.29, 0.717) is 0 Å². The van der Waals surface area contributed by atoms with Crippen LogP contribution in [-0.4, -0.2) is 26.2 Å². The van der Waals surface area contributed by atoms with E-state index in [1.54, 1.807) is 0 Å². The van der Waals surface area contributed by atoms with Gasteiger partial charge in [-0.1, -0.05) is 36.4 Å². The Morgan fingerprint density at radius 1 is 0.571 bits per heavy atom. The largest absolute Gasteiger partial charge is 2.00 e. The molecule has 0 fully saturated rings. The van der Waals surface area contributed by atoms with Crippen molar-refractivity contribution in [1.29, 1.82) is 0 Å². The fourth-order valence-corrected chi connectivity index (χ4v) is 3.17. The molecule has 0 unspecified atom stereocenters. The minimum absolute atomic E-state index is 0. The minimum atomic E-state index is 0. The molecule has 2 aromatic rings. The van der Waals surface area contributed by atoms with Crippen molar-refractivity contribution in [3.8, 4) is 0 Å². The van der Waals surface area contributed by atoms with Crippen molar-refractivity contribution in [2.45, 2.75) is 40.5 Å². The van der Waals surface area contributed by atoms with Crippen LogP contribution in [0.25, 0.3) is 0 Å². The zero-order valence-electron chi connectivity index (χ0n) is 17.3. The third-order valence-corrected chi connectivity index (χ3v) is 4.63. The van der Waals surface area contributed by atoms with Gasteiger partial charge in [-0.25, -0.2) is 0 Å². The second-order valence-corrected chi connectivity index (χ2v) is 6.84. The molecule has 0 aliphatic heterocycles. The smallest absolute Gasteiger partial charge is 1.00 e. The van der Waals surface area contributed by atoms with Gasteiger partial charge in [0.25, 0.3) is 0 Å². The van der Waals surface area contributed by atoms with Gasteiger partial charge in [0.1, 0.15) is 0 Å². The number of nitrogens with one attached hydrogen (secondary N) is 3. The van der Waals surface area contributed by atoms with Gasteiger partial charge in [-0.3, -0.25) is 0 Å². The Kier molecular flexibility index (Phi) is 17.3. The molecule has 0 aliphatic carbocycles. The first-order chi connectivity index (χ1) is 12.1. The van der Waals surface area contributed by atoms with Gasteiger partial charge in [0.15, 0.2) is 0 Å². The fourth-order valence-electron chi connectivity index (χ4n) is 3.17. The molecule has 2 rings (SSSR count). The van der Waals surface area contributed by atoms with Crippen LogP contribution in [0.4, 0.5) is 11.4 Å². The molecule has 0 bridgehead atoms. The summed E-state index contributed by atoms with van der Waals surface area (Å²) in [5.74, 6) is 0. The summed E-state index contributed by atoms with van der Waals surface area (Å²) in [6, 6.07) is 12.9. The maximum atomic E-state index is 3.56. The standard InChI is InChI=1S/C22H33N3.2BrH.Co/c1-17-9-5-10-18(2)21(17)24-15-7-13-23-14-8-16-25-22-19(3)11-6-12-20(22)4;;;/h5-6,9-12,23-25H,7-8,13-16H2,1-4H3;2*1H;/q;;;+2/p-2. The third-order valence-electron chi connectivity index (χ3n) is 4.63. The summed E-state index contributed by atoms with van der Waals surface area (Å²) in [4.78, 5) is 0. The monoisotopic (exact) mass is 556 g/mol. The van der Waals surface area contributed by atoms with Gasteiger partial charge in [-0.05, 0) is 75.9 Å². The fraction of sp³-hybridized carbons (Fsp3) is 0.455. The van der Waals surface area contributed by atoms with Gasteiger partial charge in [0, 0.05) is 24.5 Å². The number of halogens is 2. The minimum Gasteiger partial charge on any atom is -1.00 e. The summed E-state index contributed by atoms with van der Waals surface area (Å²) in [5.41, 5.74) is 7.88. The molecule has 28 heavy (non-hydrogen) atoms. The van der Waals surface area contributed by atoms with E-state index in [1.807, 2.05) is 0 Å². The number of hydrogen-bond donors (Lipinski definition) is 3. The summed E-state index contributed by atoms with van der Waals surface area (Å²) >= 11 is 0. The Morgan fingerprint density at radius 3 is 1.21 bits per heavy atom. The van der Waals surface area contributed by atoms with E-state index in [-0.39, 0.29) is 50.7 Å². The summed E-state index contributed by atoms with van der Waals surface area (Å²) in [5, 5.41) is 10.7. The van der Waals surface area contributed by atoms with Crippen molar-refractivity contribution in [3.05, 3.63) is 58.7 Å². The van der Waals surface area contributed by atoms with E-state index in [2.05, 4.69) is 80.0 Å². The Morgan fingerprint density at radius 2 is 0.893 bits per heavy atom. The second-order valence-electron chi connectivity index (χ2n) is 6.84. The van der Waals surface area contributed by atoms with Gasteiger partial charge >= 0.3 is 16.8 Å². The van der Waals surface area contributed by atoms with E-state index in [1.165, 1.54) is 33.6 Å². The van der Waals surface area contributed by atoms with Crippen LogP contribution in [0, 0.1) is 27.7 Å². The average Bonchev–Trinajstić information content (AvgIpc) is 2.57. The van der Waals surface area contributed by atoms with Crippen LogP contribution in [0.2, 0.25) is 0 Å². The number of para-hydroxylation sites is 2. The van der Waals surface area contributed by atoms with Crippen LogP contribution in [-0.2, 0) is 16.8 Å². The molecule has 159 valence electrons. The summed E-state index contributed by atoms with van der Waals surface area (Å²) < 4.78 is 0. The van der Waals surface area contributed by atoms with E-state index < -0.39 is 0 Å². The molecule has 2 aromatic carbocycles. The van der Waals surface area contributed by atoms with E-state index in [4.69, 9.17) is 0 Å². The van der Waals surface area contributed by atoms with Gasteiger partial charge < -0.3 is 49.9 Å². The predicted molar refractivity (Wildman–Crippen MR) is 111 cm³/mol. The molecule has 0 amide bonds. The first kappa shape index (κ1) is 29.7. The molecule has 0 heterocycles. The maximum absolute atomic E-state index is 3.56. The van der Waals surface area contributed by atoms with Gasteiger partial charge in [0.05, 0.1) is 0 Å². The molecule has 0 aliphatic rings.